The second-order valence-electron chi connectivity index (χ2n) is 4.32. The highest BCUT2D eigenvalue weighted by Gasteiger charge is 2.05. The van der Waals surface area contributed by atoms with E-state index < -0.39 is 6.10 Å². The van der Waals surface area contributed by atoms with E-state index in [4.69, 9.17) is 15.9 Å². The second kappa shape index (κ2) is 11.2. The van der Waals surface area contributed by atoms with Crippen molar-refractivity contribution in [2.24, 2.45) is 0 Å². The molecule has 1 aromatic carbocycles. The number of halogens is 3. The molecule has 2 aromatic rings. The summed E-state index contributed by atoms with van der Waals surface area (Å²) in [5.41, 5.74) is 6.27. The summed E-state index contributed by atoms with van der Waals surface area (Å²) in [5, 5.41) is 17.7. The Morgan fingerprint density at radius 2 is 1.77 bits per heavy atom. The number of nitrogens with one attached hydrogen (secondary N) is 1. The molecule has 0 aliphatic rings. The second-order valence-corrected chi connectivity index (χ2v) is 4.32. The van der Waals surface area contributed by atoms with Crippen molar-refractivity contribution in [3.8, 4) is 5.75 Å². The molecule has 0 fully saturated rings. The minimum atomic E-state index is -0.622. The molecule has 0 spiro atoms. The van der Waals surface area contributed by atoms with Crippen LogP contribution in [0, 0.1) is 5.41 Å². The number of hydrogen-bond acceptors (Lipinski definition) is 4. The Kier molecular flexibility index (Phi) is 11.7. The molecule has 5 nitrogen and oxygen atoms in total. The molecule has 1 aromatic heterocycles. The van der Waals surface area contributed by atoms with E-state index >= 15 is 0 Å². The van der Waals surface area contributed by atoms with Gasteiger partial charge in [-0.15, -0.1) is 37.2 Å². The molecule has 0 bridgehead atoms. The first-order valence-electron chi connectivity index (χ1n) is 6.00. The zero-order valence-electron chi connectivity index (χ0n) is 11.7. The Labute approximate surface area is 147 Å². The fraction of sp³-hybridized carbons (Fsp3) is 0.214. The maximum absolute atomic E-state index is 9.88. The number of aliphatic hydroxyl groups is 1. The van der Waals surface area contributed by atoms with Crippen LogP contribution in [0.2, 0.25) is 0 Å². The first kappa shape index (κ1) is 22.9. The van der Waals surface area contributed by atoms with Crippen LogP contribution in [-0.2, 0) is 6.54 Å². The van der Waals surface area contributed by atoms with E-state index in [1.807, 2.05) is 4.57 Å². The number of nitrogens with two attached hydrogens (primary N) is 1. The van der Waals surface area contributed by atoms with Crippen LogP contribution in [0.15, 0.2) is 48.8 Å². The number of hydrogen-bond donors (Lipinski definition) is 3. The highest BCUT2D eigenvalue weighted by molar-refractivity contribution is 5.86. The van der Waals surface area contributed by atoms with Gasteiger partial charge in [-0.2, -0.15) is 0 Å². The summed E-state index contributed by atoms with van der Waals surface area (Å²) in [7, 11) is 0. The normalized spacial score (nSPS) is 10.4. The maximum Gasteiger partial charge on any atom is 0.121 e. The van der Waals surface area contributed by atoms with Gasteiger partial charge < -0.3 is 25.6 Å². The van der Waals surface area contributed by atoms with E-state index in [-0.39, 0.29) is 43.8 Å². The lowest BCUT2D eigenvalue weighted by Crippen LogP contribution is -2.23. The van der Waals surface area contributed by atoms with Crippen molar-refractivity contribution in [3.05, 3.63) is 54.1 Å². The van der Waals surface area contributed by atoms with E-state index in [9.17, 15) is 5.11 Å². The third kappa shape index (κ3) is 7.56. The molecule has 0 saturated heterocycles. The topological polar surface area (TPSA) is 84.3 Å². The number of nitrogen functional groups attached to an aromatic ring is 1. The average Bonchev–Trinajstić information content (AvgIpc) is 2.39. The molecular weight excluding hydrogens is 349 g/mol. The zero-order chi connectivity index (χ0) is 13.7. The zero-order valence-corrected chi connectivity index (χ0v) is 14.2. The van der Waals surface area contributed by atoms with Crippen molar-refractivity contribution in [1.29, 1.82) is 5.41 Å². The highest BCUT2D eigenvalue weighted by atomic mass is 35.5. The first-order chi connectivity index (χ1) is 9.13. The monoisotopic (exact) mass is 367 g/mol. The van der Waals surface area contributed by atoms with Crippen LogP contribution < -0.4 is 15.8 Å². The van der Waals surface area contributed by atoms with Gasteiger partial charge in [0.1, 0.15) is 18.5 Å². The van der Waals surface area contributed by atoms with Crippen LogP contribution in [0.5, 0.6) is 5.75 Å². The van der Waals surface area contributed by atoms with Crippen LogP contribution in [0.4, 0.5) is 5.69 Å². The van der Waals surface area contributed by atoms with E-state index in [0.29, 0.717) is 23.3 Å². The van der Waals surface area contributed by atoms with Crippen LogP contribution in [0.1, 0.15) is 0 Å². The Morgan fingerprint density at radius 3 is 2.36 bits per heavy atom. The Bertz CT molecular complexity index is 587. The molecule has 0 aliphatic carbocycles. The third-order valence-corrected chi connectivity index (χ3v) is 2.61. The lowest BCUT2D eigenvalue weighted by atomic mass is 10.3. The molecule has 0 saturated carbocycles. The smallest absolute Gasteiger partial charge is 0.121 e. The Balaban J connectivity index is 0. The number of aliphatic hydroxyl groups excluding tert-OH is 1. The molecule has 124 valence electrons. The molecule has 1 heterocycles. The van der Waals surface area contributed by atoms with Crippen LogP contribution >= 0.6 is 37.2 Å². The number of anilines is 1. The fourth-order valence-corrected chi connectivity index (χ4v) is 1.67. The number of rotatable bonds is 5. The van der Waals surface area contributed by atoms with Gasteiger partial charge in [0.05, 0.1) is 11.9 Å². The van der Waals surface area contributed by atoms with Gasteiger partial charge in [0.25, 0.3) is 0 Å². The molecule has 4 N–H and O–H groups in total. The van der Waals surface area contributed by atoms with E-state index in [2.05, 4.69) is 0 Å². The van der Waals surface area contributed by atoms with Gasteiger partial charge in [0.15, 0.2) is 0 Å². The largest absolute Gasteiger partial charge is 0.491 e. The van der Waals surface area contributed by atoms with Crippen LogP contribution in [0.25, 0.3) is 0 Å². The molecule has 1 atom stereocenters. The SMILES string of the molecule is Cl.Cl.Cl.N=c1ccn(CC(O)COc2cccc(N)c2)cc1. The lowest BCUT2D eigenvalue weighted by Gasteiger charge is -2.14. The molecule has 22 heavy (non-hydrogen) atoms. The van der Waals surface area contributed by atoms with Gasteiger partial charge in [-0.25, -0.2) is 0 Å². The van der Waals surface area contributed by atoms with E-state index in [1.165, 1.54) is 0 Å². The predicted octanol–water partition coefficient (Wildman–Crippen LogP) is 2.26. The van der Waals surface area contributed by atoms with Crippen LogP contribution in [-0.4, -0.2) is 22.4 Å². The van der Waals surface area contributed by atoms with Gasteiger partial charge in [0, 0.05) is 24.1 Å². The van der Waals surface area contributed by atoms with Crippen molar-refractivity contribution >= 4 is 42.9 Å². The molecule has 0 amide bonds. The standard InChI is InChI=1S/C14H17N3O2.3ClH/c15-11-4-6-17(7-5-11)9-13(18)10-19-14-3-1-2-12(16)8-14;;;/h1-8,13,15,18H,9-10,16H2;3*1H. The quantitative estimate of drug-likeness (QED) is 0.708. The van der Waals surface area contributed by atoms with Crippen molar-refractivity contribution in [3.63, 3.8) is 0 Å². The number of nitrogens with zero attached hydrogens (tertiary/aromatic N) is 1. The van der Waals surface area contributed by atoms with Gasteiger partial charge in [-0.1, -0.05) is 6.07 Å². The molecule has 8 heteroatoms. The summed E-state index contributed by atoms with van der Waals surface area (Å²) >= 11 is 0. The van der Waals surface area contributed by atoms with Crippen molar-refractivity contribution in [1.82, 2.24) is 4.57 Å². The Hall–Kier alpha value is -1.40. The summed E-state index contributed by atoms with van der Waals surface area (Å²) in [6, 6.07) is 10.4. The van der Waals surface area contributed by atoms with E-state index in [1.54, 1.807) is 48.8 Å². The van der Waals surface area contributed by atoms with Gasteiger partial charge >= 0.3 is 0 Å². The predicted molar refractivity (Wildman–Crippen MR) is 94.4 cm³/mol. The van der Waals surface area contributed by atoms with Crippen LogP contribution in [0.3, 0.4) is 0 Å². The summed E-state index contributed by atoms with van der Waals surface area (Å²) in [5.74, 6) is 0.644. The molecular formula is C14H20Cl3N3O2. The van der Waals surface area contributed by atoms with E-state index in [0.717, 1.165) is 0 Å². The number of benzene rings is 1. The maximum atomic E-state index is 9.88. The van der Waals surface area contributed by atoms with Gasteiger partial charge in [-0.05, 0) is 24.3 Å². The molecule has 0 radical (unpaired) electrons. The number of pyridine rings is 1. The van der Waals surface area contributed by atoms with Crippen molar-refractivity contribution in [2.45, 2.75) is 12.6 Å². The van der Waals surface area contributed by atoms with Gasteiger partial charge in [0.2, 0.25) is 0 Å². The third-order valence-electron chi connectivity index (χ3n) is 2.61. The van der Waals surface area contributed by atoms with Crippen molar-refractivity contribution < 1.29 is 9.84 Å². The van der Waals surface area contributed by atoms with Crippen molar-refractivity contribution in [2.75, 3.05) is 12.3 Å². The summed E-state index contributed by atoms with van der Waals surface area (Å²) < 4.78 is 7.28. The summed E-state index contributed by atoms with van der Waals surface area (Å²) in [6.07, 6.45) is 2.89. The minimum Gasteiger partial charge on any atom is -0.491 e. The fourth-order valence-electron chi connectivity index (χ4n) is 1.67. The first-order valence-corrected chi connectivity index (χ1v) is 6.00. The molecule has 0 aliphatic heterocycles. The number of aromatic nitrogens is 1. The molecule has 1 unspecified atom stereocenters. The molecule has 2 rings (SSSR count). The number of ether oxygens (including phenoxy) is 1. The Morgan fingerprint density at radius 1 is 1.14 bits per heavy atom. The minimum absolute atomic E-state index is 0. The lowest BCUT2D eigenvalue weighted by molar-refractivity contribution is 0.0924. The summed E-state index contributed by atoms with van der Waals surface area (Å²) in [6.45, 7) is 0.613. The van der Waals surface area contributed by atoms with Gasteiger partial charge in [-0.3, -0.25) is 0 Å². The highest BCUT2D eigenvalue weighted by Crippen LogP contribution is 2.14. The summed E-state index contributed by atoms with van der Waals surface area (Å²) in [4.78, 5) is 0. The average molecular weight is 369 g/mol.